The van der Waals surface area contributed by atoms with Crippen molar-refractivity contribution in [1.29, 1.82) is 0 Å². The molecular formula is C27H36BrNO8. The third kappa shape index (κ3) is 7.48. The molecule has 2 aliphatic rings. The predicted molar refractivity (Wildman–Crippen MR) is 139 cm³/mol. The first-order valence-electron chi connectivity index (χ1n) is 12.8. The molecule has 1 aromatic rings. The molecule has 0 saturated carbocycles. The number of imide groups is 1. The van der Waals surface area contributed by atoms with E-state index in [1.54, 1.807) is 24.3 Å². The van der Waals surface area contributed by atoms with Crippen LogP contribution in [-0.4, -0.2) is 71.2 Å². The maximum absolute atomic E-state index is 13.5. The van der Waals surface area contributed by atoms with Crippen molar-refractivity contribution in [3.05, 3.63) is 46.5 Å². The lowest BCUT2D eigenvalue weighted by molar-refractivity contribution is -0.227. The molecule has 4 atom stereocenters. The largest absolute Gasteiger partial charge is 0.446 e. The van der Waals surface area contributed by atoms with Crippen molar-refractivity contribution in [2.24, 2.45) is 0 Å². The molecule has 37 heavy (non-hydrogen) atoms. The molecule has 0 spiro atoms. The van der Waals surface area contributed by atoms with Crippen molar-refractivity contribution in [2.45, 2.75) is 81.8 Å². The van der Waals surface area contributed by atoms with Crippen LogP contribution in [0, 0.1) is 0 Å². The highest BCUT2D eigenvalue weighted by Gasteiger charge is 2.50. The Hall–Kier alpha value is -2.11. The predicted octanol–water partition coefficient (Wildman–Crippen LogP) is 4.16. The molecule has 2 amide bonds. The first-order chi connectivity index (χ1) is 17.8. The number of carbonyl (C=O) groups is 3. The summed E-state index contributed by atoms with van der Waals surface area (Å²) in [6.07, 6.45) is 5.36. The van der Waals surface area contributed by atoms with Crippen LogP contribution >= 0.6 is 15.9 Å². The van der Waals surface area contributed by atoms with Gasteiger partial charge >= 0.3 is 6.09 Å². The summed E-state index contributed by atoms with van der Waals surface area (Å²) in [7, 11) is 1.26. The van der Waals surface area contributed by atoms with Crippen LogP contribution in [0.2, 0.25) is 0 Å². The topological polar surface area (TPSA) is 123 Å². The van der Waals surface area contributed by atoms with Crippen LogP contribution < -0.4 is 0 Å². The number of aliphatic hydroxyl groups excluding tert-OH is 1. The van der Waals surface area contributed by atoms with Gasteiger partial charge in [-0.05, 0) is 40.4 Å². The fraction of sp³-hybridized carbons (Fsp3) is 0.593. The number of hydrogen-bond donors (Lipinski definition) is 2. The lowest BCUT2D eigenvalue weighted by atomic mass is 9.97. The number of ketones is 1. The van der Waals surface area contributed by atoms with E-state index in [0.717, 1.165) is 49.8 Å². The van der Waals surface area contributed by atoms with E-state index < -0.39 is 41.8 Å². The minimum atomic E-state index is -1.79. The molecular weight excluding hydrogens is 546 g/mol. The van der Waals surface area contributed by atoms with Gasteiger partial charge in [-0.15, -0.1) is 0 Å². The summed E-state index contributed by atoms with van der Waals surface area (Å²) in [5.74, 6) is -3.11. The number of carbonyl (C=O) groups excluding carboxylic acids is 3. The number of rotatable bonds is 14. The summed E-state index contributed by atoms with van der Waals surface area (Å²) in [4.78, 5) is 39.8. The average Bonchev–Trinajstić information content (AvgIpc) is 3.28. The first-order valence-corrected chi connectivity index (χ1v) is 13.6. The van der Waals surface area contributed by atoms with E-state index in [1.807, 2.05) is 6.07 Å². The number of halogens is 1. The van der Waals surface area contributed by atoms with Gasteiger partial charge in [0.2, 0.25) is 0 Å². The van der Waals surface area contributed by atoms with E-state index >= 15 is 0 Å². The Morgan fingerprint density at radius 3 is 2.35 bits per heavy atom. The maximum Gasteiger partial charge on any atom is 0.417 e. The monoisotopic (exact) mass is 581 g/mol. The number of benzene rings is 1. The van der Waals surface area contributed by atoms with E-state index in [9.17, 15) is 19.5 Å². The number of cyclic esters (lactones) is 1. The molecule has 10 heteroatoms. The fourth-order valence-corrected chi connectivity index (χ4v) is 5.16. The fourth-order valence-electron chi connectivity index (χ4n) is 4.65. The zero-order valence-electron chi connectivity index (χ0n) is 21.1. The average molecular weight is 582 g/mol. The molecule has 2 N–H and O–H groups in total. The van der Waals surface area contributed by atoms with Crippen molar-refractivity contribution in [3.8, 4) is 0 Å². The van der Waals surface area contributed by atoms with Gasteiger partial charge in [0.1, 0.15) is 12.6 Å². The van der Waals surface area contributed by atoms with E-state index in [4.69, 9.17) is 19.3 Å². The zero-order valence-corrected chi connectivity index (χ0v) is 22.7. The highest BCUT2D eigenvalue weighted by Crippen LogP contribution is 2.37. The van der Waals surface area contributed by atoms with Gasteiger partial charge in [-0.3, -0.25) is 9.59 Å². The third-order valence-corrected chi connectivity index (χ3v) is 7.58. The van der Waals surface area contributed by atoms with Crippen LogP contribution in [0.3, 0.4) is 0 Å². The van der Waals surface area contributed by atoms with E-state index in [-0.39, 0.29) is 24.1 Å². The SMILES string of the molecule is CO[C@H](C(=O)N1C(=O)OC[C@@H]1c1ccccc1)[C@@H]1O[C@](O)(CCCCCCCCCCO)C(Br)=CC1=O. The first kappa shape index (κ1) is 29.4. The number of nitrogens with zero attached hydrogens (tertiary/aromatic N) is 1. The Balaban J connectivity index is 1.63. The highest BCUT2D eigenvalue weighted by molar-refractivity contribution is 9.11. The van der Waals surface area contributed by atoms with Crippen LogP contribution in [0.15, 0.2) is 40.9 Å². The van der Waals surface area contributed by atoms with E-state index in [0.29, 0.717) is 12.0 Å². The molecule has 1 aromatic carbocycles. The van der Waals surface area contributed by atoms with Crippen molar-refractivity contribution in [2.75, 3.05) is 20.3 Å². The standard InChI is InChI=1S/C27H36BrNO8/c1-35-24(25(32)29-20(18-36-26(29)33)19-13-9-8-10-14-19)23-21(31)17-22(28)27(34,37-23)15-11-6-4-2-3-5-7-12-16-30/h8-10,13-14,17,20,23-24,30,34H,2-7,11-12,15-16,18H2,1H3/t20-,23-,24+,27-/m1/s1. The summed E-state index contributed by atoms with van der Waals surface area (Å²) >= 11 is 3.26. The molecule has 1 fully saturated rings. The van der Waals surface area contributed by atoms with Crippen molar-refractivity contribution >= 4 is 33.7 Å². The molecule has 0 radical (unpaired) electrons. The molecule has 204 valence electrons. The summed E-state index contributed by atoms with van der Waals surface area (Å²) < 4.78 is 16.5. The molecule has 0 unspecified atom stereocenters. The second kappa shape index (κ2) is 14.2. The number of amides is 2. The molecule has 1 saturated heterocycles. The lowest BCUT2D eigenvalue weighted by Crippen LogP contribution is -2.55. The molecule has 0 bridgehead atoms. The third-order valence-electron chi connectivity index (χ3n) is 6.74. The quantitative estimate of drug-likeness (QED) is 0.314. The van der Waals surface area contributed by atoms with Crippen molar-refractivity contribution < 1.29 is 38.8 Å². The maximum atomic E-state index is 13.5. The lowest BCUT2D eigenvalue weighted by Gasteiger charge is -2.38. The van der Waals surface area contributed by atoms with Crippen LogP contribution in [0.4, 0.5) is 4.79 Å². The molecule has 2 heterocycles. The van der Waals surface area contributed by atoms with Gasteiger partial charge in [0.25, 0.3) is 5.91 Å². The van der Waals surface area contributed by atoms with E-state index in [1.165, 1.54) is 13.2 Å². The van der Waals surface area contributed by atoms with Gasteiger partial charge in [-0.1, -0.05) is 68.9 Å². The van der Waals surface area contributed by atoms with Crippen LogP contribution in [0.25, 0.3) is 0 Å². The number of ether oxygens (including phenoxy) is 3. The van der Waals surface area contributed by atoms with Gasteiger partial charge in [-0.2, -0.15) is 0 Å². The Morgan fingerprint density at radius 1 is 1.11 bits per heavy atom. The number of methoxy groups -OCH3 is 1. The summed E-state index contributed by atoms with van der Waals surface area (Å²) in [6, 6.07) is 8.31. The van der Waals surface area contributed by atoms with Crippen molar-refractivity contribution in [1.82, 2.24) is 4.90 Å². The number of hydrogen-bond acceptors (Lipinski definition) is 8. The Bertz CT molecular complexity index is 955. The Kier molecular flexibility index (Phi) is 11.3. The molecule has 0 aromatic heterocycles. The van der Waals surface area contributed by atoms with Gasteiger partial charge in [0, 0.05) is 20.1 Å². The van der Waals surface area contributed by atoms with Gasteiger partial charge in [0.15, 0.2) is 23.8 Å². The van der Waals surface area contributed by atoms with Crippen molar-refractivity contribution in [3.63, 3.8) is 0 Å². The van der Waals surface area contributed by atoms with Gasteiger partial charge < -0.3 is 24.4 Å². The van der Waals surface area contributed by atoms with Gasteiger partial charge in [-0.25, -0.2) is 9.69 Å². The van der Waals surface area contributed by atoms with Gasteiger partial charge in [0.05, 0.1) is 4.48 Å². The second-order valence-electron chi connectivity index (χ2n) is 9.39. The normalized spacial score (nSPS) is 24.6. The van der Waals surface area contributed by atoms with Crippen LogP contribution in [-0.2, 0) is 23.8 Å². The molecule has 3 rings (SSSR count). The smallest absolute Gasteiger partial charge is 0.417 e. The summed E-state index contributed by atoms with van der Waals surface area (Å²) in [5.41, 5.74) is 0.708. The Morgan fingerprint density at radius 2 is 1.73 bits per heavy atom. The minimum absolute atomic E-state index is 0.0126. The highest BCUT2D eigenvalue weighted by atomic mass is 79.9. The Labute approximate surface area is 225 Å². The molecule has 9 nitrogen and oxygen atoms in total. The van der Waals surface area contributed by atoms with Crippen LogP contribution in [0.1, 0.15) is 69.4 Å². The van der Waals surface area contributed by atoms with E-state index in [2.05, 4.69) is 15.9 Å². The number of unbranched alkanes of at least 4 members (excludes halogenated alkanes) is 7. The minimum Gasteiger partial charge on any atom is -0.446 e. The zero-order chi connectivity index (χ0) is 26.8. The van der Waals surface area contributed by atoms with Crippen LogP contribution in [0.5, 0.6) is 0 Å². The summed E-state index contributed by atoms with van der Waals surface area (Å²) in [5, 5.41) is 20.1. The summed E-state index contributed by atoms with van der Waals surface area (Å²) in [6.45, 7) is 0.219. The molecule has 2 aliphatic heterocycles. The molecule has 0 aliphatic carbocycles. The number of aliphatic hydroxyl groups is 2. The second-order valence-corrected chi connectivity index (χ2v) is 10.2.